The van der Waals surface area contributed by atoms with E-state index < -0.39 is 0 Å². The number of rotatable bonds is 6. The molecular weight excluding hydrogens is 338 g/mol. The number of ketones is 1. The molecule has 0 aliphatic rings. The number of benzene rings is 2. The highest BCUT2D eigenvalue weighted by atomic mass is 32.1. The molecule has 0 radical (unpaired) electrons. The number of nitrogens with two attached hydrogens (primary N) is 1. The van der Waals surface area contributed by atoms with Gasteiger partial charge >= 0.3 is 0 Å². The summed E-state index contributed by atoms with van der Waals surface area (Å²) in [5.41, 5.74) is 4.45. The van der Waals surface area contributed by atoms with E-state index in [9.17, 15) is 4.79 Å². The van der Waals surface area contributed by atoms with Crippen LogP contribution in [0.1, 0.15) is 15.2 Å². The van der Waals surface area contributed by atoms with Crippen LogP contribution in [-0.4, -0.2) is 25.0 Å². The minimum absolute atomic E-state index is 0.154. The maximum absolute atomic E-state index is 13.0. The lowest BCUT2D eigenvalue weighted by Crippen LogP contribution is -2.05. The van der Waals surface area contributed by atoms with Crippen LogP contribution in [0.4, 0.5) is 5.13 Å². The van der Waals surface area contributed by atoms with Gasteiger partial charge in [0, 0.05) is 11.1 Å². The Labute approximate surface area is 149 Å². The molecule has 7 heteroatoms. The monoisotopic (exact) mass is 355 g/mol. The number of hydrogen-bond donors (Lipinski definition) is 2. The van der Waals surface area contributed by atoms with E-state index in [1.165, 1.54) is 18.4 Å². The fourth-order valence-electron chi connectivity index (χ4n) is 2.44. The molecular formula is C18H17N3O3S. The first-order chi connectivity index (χ1) is 12.2. The summed E-state index contributed by atoms with van der Waals surface area (Å²) in [4.78, 5) is 18.0. The van der Waals surface area contributed by atoms with E-state index in [0.717, 1.165) is 5.56 Å². The highest BCUT2D eigenvalue weighted by Crippen LogP contribution is 2.34. The SMILES string of the molecule is COc1ccc(C(=O)c2sc(NN)nc2-c2ccccc2)cc1OC. The summed E-state index contributed by atoms with van der Waals surface area (Å²) < 4.78 is 10.5. The number of methoxy groups -OCH3 is 2. The summed E-state index contributed by atoms with van der Waals surface area (Å²) in [5.74, 6) is 6.39. The molecule has 0 spiro atoms. The number of hydrogen-bond acceptors (Lipinski definition) is 7. The van der Waals surface area contributed by atoms with Crippen LogP contribution in [0.3, 0.4) is 0 Å². The number of ether oxygens (including phenoxy) is 2. The first-order valence-electron chi connectivity index (χ1n) is 7.47. The molecule has 0 saturated carbocycles. The molecule has 0 fully saturated rings. The third-order valence-electron chi connectivity index (χ3n) is 3.65. The molecule has 1 aromatic heterocycles. The van der Waals surface area contributed by atoms with Crippen molar-refractivity contribution >= 4 is 22.3 Å². The molecule has 1 heterocycles. The molecule has 0 saturated heterocycles. The largest absolute Gasteiger partial charge is 0.493 e. The van der Waals surface area contributed by atoms with E-state index in [2.05, 4.69) is 10.4 Å². The molecule has 128 valence electrons. The van der Waals surface area contributed by atoms with Crippen molar-refractivity contribution in [1.82, 2.24) is 4.98 Å². The van der Waals surface area contributed by atoms with Gasteiger partial charge in [-0.1, -0.05) is 41.7 Å². The fraction of sp³-hybridized carbons (Fsp3) is 0.111. The number of aromatic nitrogens is 1. The Morgan fingerprint density at radius 1 is 1.08 bits per heavy atom. The zero-order valence-corrected chi connectivity index (χ0v) is 14.6. The standard InChI is InChI=1S/C18H17N3O3S/c1-23-13-9-8-12(10-14(13)24-2)16(22)17-15(20-18(21-19)25-17)11-6-4-3-5-7-11/h3-10H,19H2,1-2H3,(H,20,21). The van der Waals surface area contributed by atoms with Crippen molar-refractivity contribution in [3.8, 4) is 22.8 Å². The Hall–Kier alpha value is -2.90. The predicted octanol–water partition coefficient (Wildman–Crippen LogP) is 3.34. The first-order valence-corrected chi connectivity index (χ1v) is 8.29. The molecule has 0 amide bonds. The minimum Gasteiger partial charge on any atom is -0.493 e. The van der Waals surface area contributed by atoms with E-state index in [-0.39, 0.29) is 5.78 Å². The van der Waals surface area contributed by atoms with Gasteiger partial charge in [-0.05, 0) is 18.2 Å². The van der Waals surface area contributed by atoms with Crippen LogP contribution in [0.25, 0.3) is 11.3 Å². The number of carbonyl (C=O) groups is 1. The molecule has 3 N–H and O–H groups in total. The van der Waals surface area contributed by atoms with E-state index in [4.69, 9.17) is 15.3 Å². The van der Waals surface area contributed by atoms with Gasteiger partial charge in [-0.2, -0.15) is 0 Å². The second-order valence-corrected chi connectivity index (χ2v) is 6.11. The van der Waals surface area contributed by atoms with Crippen LogP contribution in [0.2, 0.25) is 0 Å². The molecule has 3 rings (SSSR count). The third-order valence-corrected chi connectivity index (χ3v) is 4.64. The van der Waals surface area contributed by atoms with Crippen molar-refractivity contribution < 1.29 is 14.3 Å². The Bertz CT molecular complexity index is 894. The topological polar surface area (TPSA) is 86.5 Å². The molecule has 0 bridgehead atoms. The number of thiazole rings is 1. The van der Waals surface area contributed by atoms with Crippen LogP contribution in [0.5, 0.6) is 11.5 Å². The van der Waals surface area contributed by atoms with Gasteiger partial charge in [0.2, 0.25) is 5.78 Å². The quantitative estimate of drug-likeness (QED) is 0.401. The average Bonchev–Trinajstić information content (AvgIpc) is 3.12. The molecule has 0 unspecified atom stereocenters. The van der Waals surface area contributed by atoms with Crippen LogP contribution < -0.4 is 20.7 Å². The summed E-state index contributed by atoms with van der Waals surface area (Å²) >= 11 is 1.21. The zero-order valence-electron chi connectivity index (χ0n) is 13.8. The van der Waals surface area contributed by atoms with Gasteiger partial charge in [0.05, 0.1) is 19.9 Å². The highest BCUT2D eigenvalue weighted by molar-refractivity contribution is 7.18. The van der Waals surface area contributed by atoms with E-state index in [0.29, 0.717) is 32.8 Å². The molecule has 6 nitrogen and oxygen atoms in total. The molecule has 0 aliphatic heterocycles. The van der Waals surface area contributed by atoms with Gasteiger partial charge in [-0.15, -0.1) is 0 Å². The number of anilines is 1. The van der Waals surface area contributed by atoms with Crippen LogP contribution in [-0.2, 0) is 0 Å². The van der Waals surface area contributed by atoms with E-state index >= 15 is 0 Å². The first kappa shape index (κ1) is 16.9. The number of hydrazine groups is 1. The summed E-state index contributed by atoms with van der Waals surface area (Å²) in [6.45, 7) is 0. The molecule has 3 aromatic rings. The van der Waals surface area contributed by atoms with Crippen LogP contribution in [0, 0.1) is 0 Å². The Morgan fingerprint density at radius 2 is 1.80 bits per heavy atom. The van der Waals surface area contributed by atoms with Crippen LogP contribution >= 0.6 is 11.3 Å². The Morgan fingerprint density at radius 3 is 2.44 bits per heavy atom. The Balaban J connectivity index is 2.07. The van der Waals surface area contributed by atoms with Crippen LogP contribution in [0.15, 0.2) is 48.5 Å². The van der Waals surface area contributed by atoms with Gasteiger partial charge in [0.15, 0.2) is 16.6 Å². The van der Waals surface area contributed by atoms with Gasteiger partial charge in [-0.3, -0.25) is 10.2 Å². The van der Waals surface area contributed by atoms with E-state index in [1.807, 2.05) is 30.3 Å². The molecule has 2 aromatic carbocycles. The maximum Gasteiger partial charge on any atom is 0.205 e. The van der Waals surface area contributed by atoms with Crippen molar-refractivity contribution in [2.75, 3.05) is 19.6 Å². The second kappa shape index (κ2) is 7.33. The summed E-state index contributed by atoms with van der Waals surface area (Å²) in [5, 5.41) is 0.475. The summed E-state index contributed by atoms with van der Waals surface area (Å²) in [6.07, 6.45) is 0. The second-order valence-electron chi connectivity index (χ2n) is 5.11. The highest BCUT2D eigenvalue weighted by Gasteiger charge is 2.21. The number of nitrogens with one attached hydrogen (secondary N) is 1. The van der Waals surface area contributed by atoms with Crippen molar-refractivity contribution in [1.29, 1.82) is 0 Å². The van der Waals surface area contributed by atoms with E-state index in [1.54, 1.807) is 25.3 Å². The lowest BCUT2D eigenvalue weighted by molar-refractivity contribution is 0.104. The molecule has 0 atom stereocenters. The smallest absolute Gasteiger partial charge is 0.205 e. The lowest BCUT2D eigenvalue weighted by atomic mass is 10.0. The van der Waals surface area contributed by atoms with Crippen molar-refractivity contribution in [3.63, 3.8) is 0 Å². The maximum atomic E-state index is 13.0. The van der Waals surface area contributed by atoms with Crippen molar-refractivity contribution in [2.24, 2.45) is 5.84 Å². The molecule has 25 heavy (non-hydrogen) atoms. The third kappa shape index (κ3) is 3.33. The number of nitrogens with zero attached hydrogens (tertiary/aromatic N) is 1. The Kier molecular flexibility index (Phi) is 4.97. The van der Waals surface area contributed by atoms with Gasteiger partial charge in [0.1, 0.15) is 4.88 Å². The zero-order chi connectivity index (χ0) is 17.8. The lowest BCUT2D eigenvalue weighted by Gasteiger charge is -2.09. The van der Waals surface area contributed by atoms with Crippen molar-refractivity contribution in [2.45, 2.75) is 0 Å². The molecule has 0 aliphatic carbocycles. The number of nitrogen functional groups attached to an aromatic ring is 1. The fourth-order valence-corrected chi connectivity index (χ4v) is 3.30. The normalized spacial score (nSPS) is 10.4. The van der Waals surface area contributed by atoms with Gasteiger partial charge in [0.25, 0.3) is 0 Å². The van der Waals surface area contributed by atoms with Crippen molar-refractivity contribution in [3.05, 3.63) is 59.0 Å². The van der Waals surface area contributed by atoms with Gasteiger partial charge in [-0.25, -0.2) is 10.8 Å². The summed E-state index contributed by atoms with van der Waals surface area (Å²) in [7, 11) is 3.08. The predicted molar refractivity (Wildman–Crippen MR) is 98.3 cm³/mol. The number of carbonyl (C=O) groups excluding carboxylic acids is 1. The average molecular weight is 355 g/mol. The minimum atomic E-state index is -0.154. The van der Waals surface area contributed by atoms with Gasteiger partial charge < -0.3 is 9.47 Å². The summed E-state index contributed by atoms with van der Waals surface area (Å²) in [6, 6.07) is 14.6.